The third-order valence-electron chi connectivity index (χ3n) is 5.59. The molecule has 0 bridgehead atoms. The number of thiophene rings is 1. The lowest BCUT2D eigenvalue weighted by Gasteiger charge is -2.25. The van der Waals surface area contributed by atoms with Gasteiger partial charge in [0.05, 0.1) is 21.7 Å². The van der Waals surface area contributed by atoms with Gasteiger partial charge >= 0.3 is 0 Å². The second-order valence-corrected chi connectivity index (χ2v) is 8.27. The molecule has 5 heterocycles. The van der Waals surface area contributed by atoms with Crippen molar-refractivity contribution in [2.45, 2.75) is 18.4 Å². The van der Waals surface area contributed by atoms with Gasteiger partial charge in [0.25, 0.3) is 5.91 Å². The van der Waals surface area contributed by atoms with Crippen LogP contribution in [0.2, 0.25) is 0 Å². The molecule has 0 saturated carbocycles. The van der Waals surface area contributed by atoms with E-state index in [1.54, 1.807) is 6.20 Å². The van der Waals surface area contributed by atoms with E-state index in [2.05, 4.69) is 22.0 Å². The van der Waals surface area contributed by atoms with Gasteiger partial charge in [0, 0.05) is 44.8 Å². The molecule has 3 aromatic rings. The molecular weight excluding hydrogens is 356 g/mol. The first-order valence-corrected chi connectivity index (χ1v) is 10.1. The van der Waals surface area contributed by atoms with Crippen LogP contribution in [-0.4, -0.2) is 40.4 Å². The van der Waals surface area contributed by atoms with Crippen LogP contribution in [0, 0.1) is 0 Å². The Morgan fingerprint density at radius 2 is 2.07 bits per heavy atom. The molecule has 136 valence electrons. The van der Waals surface area contributed by atoms with Crippen molar-refractivity contribution in [3.63, 3.8) is 0 Å². The van der Waals surface area contributed by atoms with Gasteiger partial charge < -0.3 is 9.80 Å². The van der Waals surface area contributed by atoms with Crippen LogP contribution < -0.4 is 4.90 Å². The van der Waals surface area contributed by atoms with Crippen molar-refractivity contribution in [3.8, 4) is 0 Å². The van der Waals surface area contributed by atoms with E-state index in [1.165, 1.54) is 22.6 Å². The summed E-state index contributed by atoms with van der Waals surface area (Å²) in [6, 6.07) is 12.1. The average molecular weight is 376 g/mol. The van der Waals surface area contributed by atoms with Crippen LogP contribution >= 0.6 is 11.3 Å². The SMILES string of the molecule is O=C(c1cccs1)N1CCC2(C1)CN(Cc1cccnc1)c1cccnc12. The van der Waals surface area contributed by atoms with E-state index in [9.17, 15) is 4.79 Å². The zero-order chi connectivity index (χ0) is 18.3. The summed E-state index contributed by atoms with van der Waals surface area (Å²) in [5, 5.41) is 1.96. The molecule has 27 heavy (non-hydrogen) atoms. The molecule has 1 fully saturated rings. The Hall–Kier alpha value is -2.73. The van der Waals surface area contributed by atoms with Gasteiger partial charge in [-0.2, -0.15) is 0 Å². The second kappa shape index (κ2) is 6.46. The Kier molecular flexibility index (Phi) is 3.93. The van der Waals surface area contributed by atoms with Crippen LogP contribution in [0.5, 0.6) is 0 Å². The fourth-order valence-electron chi connectivity index (χ4n) is 4.36. The van der Waals surface area contributed by atoms with Crippen molar-refractivity contribution in [1.82, 2.24) is 14.9 Å². The predicted molar refractivity (Wildman–Crippen MR) is 106 cm³/mol. The summed E-state index contributed by atoms with van der Waals surface area (Å²) in [5.74, 6) is 0.144. The summed E-state index contributed by atoms with van der Waals surface area (Å²) in [4.78, 5) is 27.0. The minimum Gasteiger partial charge on any atom is -0.365 e. The number of rotatable bonds is 3. The molecule has 1 amide bonds. The second-order valence-electron chi connectivity index (χ2n) is 7.32. The molecule has 5 rings (SSSR count). The molecule has 0 aromatic carbocycles. The number of pyridine rings is 2. The van der Waals surface area contributed by atoms with Crippen LogP contribution in [0.25, 0.3) is 0 Å². The highest BCUT2D eigenvalue weighted by molar-refractivity contribution is 7.12. The van der Waals surface area contributed by atoms with Crippen molar-refractivity contribution in [1.29, 1.82) is 0 Å². The number of amides is 1. The van der Waals surface area contributed by atoms with E-state index >= 15 is 0 Å². The van der Waals surface area contributed by atoms with E-state index in [0.29, 0.717) is 0 Å². The Morgan fingerprint density at radius 1 is 1.15 bits per heavy atom. The highest BCUT2D eigenvalue weighted by Crippen LogP contribution is 2.45. The van der Waals surface area contributed by atoms with Crippen LogP contribution in [0.4, 0.5) is 5.69 Å². The van der Waals surface area contributed by atoms with E-state index in [-0.39, 0.29) is 11.3 Å². The molecule has 5 nitrogen and oxygen atoms in total. The minimum absolute atomic E-state index is 0.0777. The Labute approximate surface area is 162 Å². The first kappa shape index (κ1) is 16.4. The highest BCUT2D eigenvalue weighted by Gasteiger charge is 2.49. The smallest absolute Gasteiger partial charge is 0.263 e. The summed E-state index contributed by atoms with van der Waals surface area (Å²) in [7, 11) is 0. The van der Waals surface area contributed by atoms with Crippen molar-refractivity contribution in [3.05, 3.63) is 76.5 Å². The monoisotopic (exact) mass is 376 g/mol. The summed E-state index contributed by atoms with van der Waals surface area (Å²) in [6.45, 7) is 3.22. The first-order chi connectivity index (χ1) is 13.3. The van der Waals surface area contributed by atoms with E-state index in [4.69, 9.17) is 4.98 Å². The number of likely N-dealkylation sites (tertiary alicyclic amines) is 1. The number of carbonyl (C=O) groups is 1. The van der Waals surface area contributed by atoms with Crippen LogP contribution in [-0.2, 0) is 12.0 Å². The first-order valence-electron chi connectivity index (χ1n) is 9.17. The number of nitrogens with zero attached hydrogens (tertiary/aromatic N) is 4. The van der Waals surface area contributed by atoms with Gasteiger partial charge in [-0.05, 0) is 41.6 Å². The minimum atomic E-state index is -0.0777. The zero-order valence-electron chi connectivity index (χ0n) is 14.9. The molecule has 1 spiro atoms. The Bertz CT molecular complexity index is 959. The van der Waals surface area contributed by atoms with Gasteiger partial charge in [-0.3, -0.25) is 14.8 Å². The normalized spacial score (nSPS) is 21.0. The average Bonchev–Trinajstić information content (AvgIpc) is 3.44. The van der Waals surface area contributed by atoms with Crippen molar-refractivity contribution < 1.29 is 4.79 Å². The number of hydrogen-bond acceptors (Lipinski definition) is 5. The molecule has 3 aromatic heterocycles. The molecule has 6 heteroatoms. The standard InChI is InChI=1S/C21H20N4OS/c26-20(18-6-3-11-27-18)24-10-7-21(14-24)15-25(13-16-4-1-8-22-12-16)17-5-2-9-23-19(17)21/h1-6,8-9,11-12H,7,10,13-15H2. The molecular formula is C21H20N4OS. The zero-order valence-corrected chi connectivity index (χ0v) is 15.7. The van der Waals surface area contributed by atoms with E-state index in [1.807, 2.05) is 46.9 Å². The predicted octanol–water partition coefficient (Wildman–Crippen LogP) is 3.34. The van der Waals surface area contributed by atoms with Gasteiger partial charge in [0.1, 0.15) is 0 Å². The molecule has 2 aliphatic rings. The molecule has 0 aliphatic carbocycles. The Morgan fingerprint density at radius 3 is 2.89 bits per heavy atom. The van der Waals surface area contributed by atoms with Gasteiger partial charge in [0.2, 0.25) is 0 Å². The van der Waals surface area contributed by atoms with Gasteiger partial charge in [0.15, 0.2) is 0 Å². The molecule has 2 aliphatic heterocycles. The Balaban J connectivity index is 1.43. The lowest BCUT2D eigenvalue weighted by molar-refractivity contribution is 0.0789. The third kappa shape index (κ3) is 2.80. The molecule has 0 radical (unpaired) electrons. The lowest BCUT2D eigenvalue weighted by atomic mass is 9.85. The maximum Gasteiger partial charge on any atom is 0.263 e. The maximum absolute atomic E-state index is 12.8. The quantitative estimate of drug-likeness (QED) is 0.703. The van der Waals surface area contributed by atoms with E-state index in [0.717, 1.165) is 43.2 Å². The van der Waals surface area contributed by atoms with Crippen LogP contribution in [0.3, 0.4) is 0 Å². The topological polar surface area (TPSA) is 49.3 Å². The summed E-state index contributed by atoms with van der Waals surface area (Å²) in [6.07, 6.45) is 6.55. The summed E-state index contributed by atoms with van der Waals surface area (Å²) >= 11 is 1.51. The highest BCUT2D eigenvalue weighted by atomic mass is 32.1. The lowest BCUT2D eigenvalue weighted by Crippen LogP contribution is -2.38. The largest absolute Gasteiger partial charge is 0.365 e. The van der Waals surface area contributed by atoms with Crippen molar-refractivity contribution in [2.24, 2.45) is 0 Å². The van der Waals surface area contributed by atoms with Crippen molar-refractivity contribution >= 4 is 22.9 Å². The summed E-state index contributed by atoms with van der Waals surface area (Å²) in [5.41, 5.74) is 3.43. The molecule has 1 atom stereocenters. The number of fused-ring (bicyclic) bond motifs is 2. The third-order valence-corrected chi connectivity index (χ3v) is 6.45. The number of hydrogen-bond donors (Lipinski definition) is 0. The fourth-order valence-corrected chi connectivity index (χ4v) is 5.05. The maximum atomic E-state index is 12.8. The number of anilines is 1. The van der Waals surface area contributed by atoms with Gasteiger partial charge in [-0.25, -0.2) is 0 Å². The van der Waals surface area contributed by atoms with Crippen LogP contribution in [0.1, 0.15) is 27.3 Å². The number of aromatic nitrogens is 2. The van der Waals surface area contributed by atoms with Crippen LogP contribution in [0.15, 0.2) is 60.4 Å². The molecule has 0 N–H and O–H groups in total. The molecule has 1 unspecified atom stereocenters. The fraction of sp³-hybridized carbons (Fsp3) is 0.286. The van der Waals surface area contributed by atoms with Crippen molar-refractivity contribution in [2.75, 3.05) is 24.5 Å². The van der Waals surface area contributed by atoms with E-state index < -0.39 is 0 Å². The number of carbonyl (C=O) groups excluding carboxylic acids is 1. The van der Waals surface area contributed by atoms with Gasteiger partial charge in [-0.1, -0.05) is 12.1 Å². The summed E-state index contributed by atoms with van der Waals surface area (Å²) < 4.78 is 0. The van der Waals surface area contributed by atoms with Gasteiger partial charge in [-0.15, -0.1) is 11.3 Å². The molecule has 1 saturated heterocycles.